The second-order valence-corrected chi connectivity index (χ2v) is 5.72. The van der Waals surface area contributed by atoms with Crippen molar-refractivity contribution in [3.8, 4) is 5.75 Å². The van der Waals surface area contributed by atoms with Crippen molar-refractivity contribution in [3.63, 3.8) is 0 Å². The van der Waals surface area contributed by atoms with Gasteiger partial charge in [-0.25, -0.2) is 0 Å². The van der Waals surface area contributed by atoms with Gasteiger partial charge in [0.1, 0.15) is 12.4 Å². The van der Waals surface area contributed by atoms with Crippen LogP contribution in [0.25, 0.3) is 0 Å². The van der Waals surface area contributed by atoms with Gasteiger partial charge in [0.05, 0.1) is 16.0 Å². The van der Waals surface area contributed by atoms with Crippen molar-refractivity contribution in [1.82, 2.24) is 4.90 Å². The van der Waals surface area contributed by atoms with Crippen LogP contribution < -0.4 is 4.74 Å². The molecule has 0 saturated carbocycles. The zero-order valence-electron chi connectivity index (χ0n) is 11.7. The number of rotatable bonds is 5. The molecule has 2 rings (SSSR count). The summed E-state index contributed by atoms with van der Waals surface area (Å²) in [7, 11) is 0. The van der Waals surface area contributed by atoms with E-state index in [1.165, 1.54) is 18.2 Å². The second kappa shape index (κ2) is 6.41. The van der Waals surface area contributed by atoms with E-state index in [2.05, 4.69) is 18.7 Å². The third kappa shape index (κ3) is 3.41. The lowest BCUT2D eigenvalue weighted by Crippen LogP contribution is -2.39. The molecule has 0 aliphatic carbocycles. The Hall–Kier alpha value is -1.33. The van der Waals surface area contributed by atoms with E-state index in [9.17, 15) is 10.1 Å². The zero-order valence-corrected chi connectivity index (χ0v) is 12.5. The first-order chi connectivity index (χ1) is 9.49. The molecule has 1 heterocycles. The van der Waals surface area contributed by atoms with Crippen molar-refractivity contribution in [2.24, 2.45) is 0 Å². The monoisotopic (exact) mass is 298 g/mol. The lowest BCUT2D eigenvalue weighted by atomic mass is 10.2. The predicted octanol–water partition coefficient (Wildman–Crippen LogP) is 3.50. The number of nitro groups is 1. The Morgan fingerprint density at radius 2 is 2.30 bits per heavy atom. The fourth-order valence-electron chi connectivity index (χ4n) is 2.62. The summed E-state index contributed by atoms with van der Waals surface area (Å²) in [6.07, 6.45) is 2.25. The predicted molar refractivity (Wildman–Crippen MR) is 78.5 cm³/mol. The average Bonchev–Trinajstić information content (AvgIpc) is 2.86. The van der Waals surface area contributed by atoms with E-state index in [1.807, 2.05) is 0 Å². The number of nitrogens with zero attached hydrogens (tertiary/aromatic N) is 2. The van der Waals surface area contributed by atoms with Gasteiger partial charge in [-0.1, -0.05) is 11.6 Å². The highest BCUT2D eigenvalue weighted by atomic mass is 35.5. The summed E-state index contributed by atoms with van der Waals surface area (Å²) in [6.45, 7) is 5.92. The van der Waals surface area contributed by atoms with Crippen LogP contribution in [0, 0.1) is 10.1 Å². The van der Waals surface area contributed by atoms with Crippen LogP contribution in [0.3, 0.4) is 0 Å². The first kappa shape index (κ1) is 15.1. The number of benzene rings is 1. The van der Waals surface area contributed by atoms with Crippen LogP contribution in [0.15, 0.2) is 18.2 Å². The highest BCUT2D eigenvalue weighted by molar-refractivity contribution is 6.32. The van der Waals surface area contributed by atoms with Crippen molar-refractivity contribution in [1.29, 1.82) is 0 Å². The molecule has 1 unspecified atom stereocenters. The molecular formula is C14H19ClN2O3. The van der Waals surface area contributed by atoms with Crippen LogP contribution in [0.2, 0.25) is 5.02 Å². The third-order valence-electron chi connectivity index (χ3n) is 3.64. The van der Waals surface area contributed by atoms with E-state index in [0.29, 0.717) is 29.5 Å². The summed E-state index contributed by atoms with van der Waals surface area (Å²) in [4.78, 5) is 12.7. The Morgan fingerprint density at radius 3 is 2.95 bits per heavy atom. The molecule has 0 radical (unpaired) electrons. The number of ether oxygens (including phenoxy) is 1. The zero-order chi connectivity index (χ0) is 14.7. The molecule has 0 bridgehead atoms. The van der Waals surface area contributed by atoms with Gasteiger partial charge in [-0.15, -0.1) is 0 Å². The number of likely N-dealkylation sites (tertiary alicyclic amines) is 1. The summed E-state index contributed by atoms with van der Waals surface area (Å²) in [6, 6.07) is 5.10. The van der Waals surface area contributed by atoms with E-state index in [1.54, 1.807) is 0 Å². The van der Waals surface area contributed by atoms with E-state index < -0.39 is 4.92 Å². The molecule has 1 saturated heterocycles. The van der Waals surface area contributed by atoms with E-state index in [4.69, 9.17) is 16.3 Å². The maximum atomic E-state index is 10.8. The van der Waals surface area contributed by atoms with Gasteiger partial charge in [0.25, 0.3) is 5.69 Å². The van der Waals surface area contributed by atoms with Crippen LogP contribution in [-0.4, -0.2) is 35.1 Å². The summed E-state index contributed by atoms with van der Waals surface area (Å²) in [5, 5.41) is 11.2. The van der Waals surface area contributed by atoms with Crippen molar-refractivity contribution in [3.05, 3.63) is 33.3 Å². The Bertz CT molecular complexity index is 493. The van der Waals surface area contributed by atoms with Crippen LogP contribution in [0.5, 0.6) is 5.75 Å². The topological polar surface area (TPSA) is 55.6 Å². The maximum Gasteiger partial charge on any atom is 0.273 e. The molecule has 1 aromatic carbocycles. The Kier molecular flexibility index (Phi) is 4.83. The Morgan fingerprint density at radius 1 is 1.55 bits per heavy atom. The first-order valence-corrected chi connectivity index (χ1v) is 7.19. The molecule has 6 heteroatoms. The summed E-state index contributed by atoms with van der Waals surface area (Å²) < 4.78 is 5.71. The molecule has 5 nitrogen and oxygen atoms in total. The van der Waals surface area contributed by atoms with Gasteiger partial charge in [-0.2, -0.15) is 0 Å². The lowest BCUT2D eigenvalue weighted by molar-refractivity contribution is -0.384. The Balaban J connectivity index is 2.03. The van der Waals surface area contributed by atoms with Crippen molar-refractivity contribution in [2.75, 3.05) is 13.2 Å². The smallest absolute Gasteiger partial charge is 0.273 e. The minimum absolute atomic E-state index is 0.00321. The average molecular weight is 299 g/mol. The molecule has 1 atom stereocenters. The lowest BCUT2D eigenvalue weighted by Gasteiger charge is -2.28. The second-order valence-electron chi connectivity index (χ2n) is 5.31. The number of nitro benzene ring substituents is 1. The molecule has 0 amide bonds. The molecule has 1 fully saturated rings. The molecule has 1 aliphatic heterocycles. The third-order valence-corrected chi connectivity index (χ3v) is 3.96. The van der Waals surface area contributed by atoms with Crippen LogP contribution in [0.4, 0.5) is 5.69 Å². The quantitative estimate of drug-likeness (QED) is 0.616. The van der Waals surface area contributed by atoms with Gasteiger partial charge >= 0.3 is 0 Å². The molecule has 0 N–H and O–H groups in total. The fraction of sp³-hybridized carbons (Fsp3) is 0.571. The summed E-state index contributed by atoms with van der Waals surface area (Å²) in [5.74, 6) is 0.386. The van der Waals surface area contributed by atoms with Gasteiger partial charge in [0.15, 0.2) is 0 Å². The van der Waals surface area contributed by atoms with Gasteiger partial charge in [-0.05, 0) is 39.3 Å². The standard InChI is InChI=1S/C14H19ClN2O3/c1-10(2)16-7-3-4-12(16)9-20-14-8-11(17(18)19)5-6-13(14)15/h5-6,8,10,12H,3-4,7,9H2,1-2H3. The largest absolute Gasteiger partial charge is 0.490 e. The minimum atomic E-state index is -0.445. The fourth-order valence-corrected chi connectivity index (χ4v) is 2.79. The van der Waals surface area contributed by atoms with E-state index in [-0.39, 0.29) is 5.69 Å². The minimum Gasteiger partial charge on any atom is -0.490 e. The van der Waals surface area contributed by atoms with Crippen molar-refractivity contribution < 1.29 is 9.66 Å². The number of hydrogen-bond donors (Lipinski definition) is 0. The molecule has 1 aromatic rings. The molecular weight excluding hydrogens is 280 g/mol. The van der Waals surface area contributed by atoms with Crippen molar-refractivity contribution >= 4 is 17.3 Å². The molecule has 20 heavy (non-hydrogen) atoms. The summed E-state index contributed by atoms with van der Waals surface area (Å²) >= 11 is 6.02. The van der Waals surface area contributed by atoms with E-state index >= 15 is 0 Å². The van der Waals surface area contributed by atoms with Gasteiger partial charge < -0.3 is 4.74 Å². The van der Waals surface area contributed by atoms with Gasteiger partial charge in [-0.3, -0.25) is 15.0 Å². The Labute approximate surface area is 123 Å². The normalized spacial score (nSPS) is 19.5. The highest BCUT2D eigenvalue weighted by Crippen LogP contribution is 2.30. The van der Waals surface area contributed by atoms with Gasteiger partial charge in [0.2, 0.25) is 0 Å². The van der Waals surface area contributed by atoms with Gasteiger partial charge in [0, 0.05) is 18.2 Å². The molecule has 1 aliphatic rings. The molecule has 0 spiro atoms. The number of halogens is 1. The molecule has 0 aromatic heterocycles. The SMILES string of the molecule is CC(C)N1CCCC1COc1cc([N+](=O)[O-])ccc1Cl. The maximum absolute atomic E-state index is 10.8. The van der Waals surface area contributed by atoms with E-state index in [0.717, 1.165) is 19.4 Å². The first-order valence-electron chi connectivity index (χ1n) is 6.81. The summed E-state index contributed by atoms with van der Waals surface area (Å²) in [5.41, 5.74) is -0.00321. The number of hydrogen-bond acceptors (Lipinski definition) is 4. The van der Waals surface area contributed by atoms with Crippen LogP contribution in [0.1, 0.15) is 26.7 Å². The van der Waals surface area contributed by atoms with Crippen molar-refractivity contribution in [2.45, 2.75) is 38.8 Å². The highest BCUT2D eigenvalue weighted by Gasteiger charge is 2.27. The molecule has 110 valence electrons. The number of non-ortho nitro benzene ring substituents is 1. The van der Waals surface area contributed by atoms with Crippen LogP contribution >= 0.6 is 11.6 Å². The van der Waals surface area contributed by atoms with Crippen LogP contribution in [-0.2, 0) is 0 Å².